The molecule has 0 spiro atoms. The zero-order valence-corrected chi connectivity index (χ0v) is 20.0. The van der Waals surface area contributed by atoms with Gasteiger partial charge in [-0.3, -0.25) is 20.4 Å². The number of halogens is 1. The number of sulfone groups is 1. The Kier molecular flexibility index (Phi) is 7.75. The normalized spacial score (nSPS) is 13.9. The minimum Gasteiger partial charge on any atom is -0.329 e. The number of hydrogen-bond acceptors (Lipinski definition) is 7. The third-order valence-electron chi connectivity index (χ3n) is 5.36. The van der Waals surface area contributed by atoms with Gasteiger partial charge in [-0.1, -0.05) is 37.3 Å². The van der Waals surface area contributed by atoms with Gasteiger partial charge in [0.15, 0.2) is 0 Å². The number of aromatic amines is 1. The molecule has 3 N–H and O–H groups in total. The molecule has 3 aromatic rings. The zero-order valence-electron chi connectivity index (χ0n) is 19.2. The van der Waals surface area contributed by atoms with Crippen LogP contribution in [0.4, 0.5) is 4.39 Å². The van der Waals surface area contributed by atoms with Crippen molar-refractivity contribution in [1.82, 2.24) is 20.0 Å². The Bertz CT molecular complexity index is 1450. The standard InChI is InChI=1S/C13H15FN4O3S.C10H10N2O/c1-22(20,21)13(16)18-7-6-17(8-11(18)15)12(19)9-4-2-3-5-10(9)14;1-2-9-7-5-3-4-6-8(7)10(13)12-11-9/h2-5,15-16H,6-8H2,1H3;3-6H,2H2,1H3,(H,12,13). The van der Waals surface area contributed by atoms with E-state index in [0.29, 0.717) is 5.39 Å². The number of amidine groups is 2. The third kappa shape index (κ3) is 5.77. The van der Waals surface area contributed by atoms with Crippen LogP contribution in [0.5, 0.6) is 0 Å². The highest BCUT2D eigenvalue weighted by Crippen LogP contribution is 2.14. The highest BCUT2D eigenvalue weighted by Gasteiger charge is 2.31. The van der Waals surface area contributed by atoms with Crippen LogP contribution in [-0.4, -0.2) is 71.2 Å². The van der Waals surface area contributed by atoms with Crippen molar-refractivity contribution in [1.29, 1.82) is 10.8 Å². The second-order valence-corrected chi connectivity index (χ2v) is 9.71. The van der Waals surface area contributed by atoms with Crippen LogP contribution < -0.4 is 5.56 Å². The highest BCUT2D eigenvalue weighted by atomic mass is 32.2. The van der Waals surface area contributed by atoms with Gasteiger partial charge in [-0.15, -0.1) is 0 Å². The van der Waals surface area contributed by atoms with E-state index in [1.807, 2.05) is 31.2 Å². The lowest BCUT2D eigenvalue weighted by Crippen LogP contribution is -2.55. The van der Waals surface area contributed by atoms with E-state index < -0.39 is 26.7 Å². The number of H-pyrrole nitrogens is 1. The van der Waals surface area contributed by atoms with Crippen molar-refractivity contribution >= 4 is 37.5 Å². The lowest BCUT2D eigenvalue weighted by Gasteiger charge is -2.35. The third-order valence-corrected chi connectivity index (χ3v) is 6.28. The first-order chi connectivity index (χ1) is 16.5. The van der Waals surface area contributed by atoms with Gasteiger partial charge in [0.25, 0.3) is 11.5 Å². The van der Waals surface area contributed by atoms with Crippen molar-refractivity contribution < 1.29 is 17.6 Å². The summed E-state index contributed by atoms with van der Waals surface area (Å²) >= 11 is 0. The number of nitrogens with zero attached hydrogens (tertiary/aromatic N) is 3. The monoisotopic (exact) mass is 500 g/mol. The first-order valence-corrected chi connectivity index (χ1v) is 12.6. The number of fused-ring (bicyclic) bond motifs is 1. The number of aromatic nitrogens is 2. The molecule has 1 amide bonds. The Morgan fingerprint density at radius 1 is 1.11 bits per heavy atom. The molecule has 184 valence electrons. The van der Waals surface area contributed by atoms with E-state index in [-0.39, 0.29) is 36.6 Å². The summed E-state index contributed by atoms with van der Waals surface area (Å²) in [4.78, 5) is 25.9. The molecule has 1 saturated heterocycles. The molecule has 2 heterocycles. The molecule has 0 aliphatic carbocycles. The van der Waals surface area contributed by atoms with Gasteiger partial charge in [0.05, 0.1) is 23.2 Å². The summed E-state index contributed by atoms with van der Waals surface area (Å²) < 4.78 is 36.4. The SMILES string of the molecule is CCc1n[nH]c(=O)c2ccccc12.CS(=O)(=O)C(=N)N1CCN(C(=O)c2ccccc2F)CC1=N. The lowest BCUT2D eigenvalue weighted by atomic mass is 10.1. The summed E-state index contributed by atoms with van der Waals surface area (Å²) in [6.45, 7) is 1.95. The maximum Gasteiger partial charge on any atom is 0.272 e. The van der Waals surface area contributed by atoms with E-state index >= 15 is 0 Å². The molecule has 1 aromatic heterocycles. The first kappa shape index (κ1) is 25.7. The average molecular weight is 501 g/mol. The van der Waals surface area contributed by atoms with E-state index in [2.05, 4.69) is 10.2 Å². The number of carbonyl (C=O) groups is 1. The summed E-state index contributed by atoms with van der Waals surface area (Å²) in [5, 5.41) is 22.9. The van der Waals surface area contributed by atoms with E-state index in [4.69, 9.17) is 10.8 Å². The molecule has 35 heavy (non-hydrogen) atoms. The summed E-state index contributed by atoms with van der Waals surface area (Å²) in [7, 11) is -3.73. The fourth-order valence-corrected chi connectivity index (χ4v) is 4.15. The van der Waals surface area contributed by atoms with Crippen molar-refractivity contribution in [2.75, 3.05) is 25.9 Å². The fraction of sp³-hybridized carbons (Fsp3) is 0.261. The number of carbonyl (C=O) groups excluding carboxylic acids is 1. The molecule has 0 bridgehead atoms. The number of benzene rings is 2. The van der Waals surface area contributed by atoms with Crippen LogP contribution in [0.1, 0.15) is 23.0 Å². The van der Waals surface area contributed by atoms with Crippen LogP contribution in [0.2, 0.25) is 0 Å². The van der Waals surface area contributed by atoms with Crippen LogP contribution >= 0.6 is 0 Å². The molecule has 12 heteroatoms. The summed E-state index contributed by atoms with van der Waals surface area (Å²) in [5.41, 5.74) is 0.727. The molecule has 0 radical (unpaired) electrons. The predicted octanol–water partition coefficient (Wildman–Crippen LogP) is 2.03. The Balaban J connectivity index is 0.000000223. The number of aryl methyl sites for hydroxylation is 1. The zero-order chi connectivity index (χ0) is 25.8. The van der Waals surface area contributed by atoms with Crippen LogP contribution in [0.3, 0.4) is 0 Å². The van der Waals surface area contributed by atoms with Gasteiger partial charge in [0, 0.05) is 24.7 Å². The number of rotatable bonds is 2. The second kappa shape index (κ2) is 10.6. The van der Waals surface area contributed by atoms with E-state index in [9.17, 15) is 22.4 Å². The van der Waals surface area contributed by atoms with Crippen LogP contribution in [0.15, 0.2) is 53.3 Å². The summed E-state index contributed by atoms with van der Waals surface area (Å²) in [6, 6.07) is 13.1. The van der Waals surface area contributed by atoms with Crippen molar-refractivity contribution in [2.45, 2.75) is 13.3 Å². The minimum absolute atomic E-state index is 0.00489. The van der Waals surface area contributed by atoms with Gasteiger partial charge >= 0.3 is 0 Å². The fourth-order valence-electron chi connectivity index (χ4n) is 3.54. The van der Waals surface area contributed by atoms with Crippen LogP contribution in [-0.2, 0) is 16.3 Å². The van der Waals surface area contributed by atoms with E-state index in [1.165, 1.54) is 29.2 Å². The summed E-state index contributed by atoms with van der Waals surface area (Å²) in [5.74, 6) is -1.40. The predicted molar refractivity (Wildman–Crippen MR) is 131 cm³/mol. The lowest BCUT2D eigenvalue weighted by molar-refractivity contribution is 0.0753. The number of nitrogens with one attached hydrogen (secondary N) is 3. The van der Waals surface area contributed by atoms with Crippen LogP contribution in [0.25, 0.3) is 10.8 Å². The Morgan fingerprint density at radius 3 is 2.34 bits per heavy atom. The maximum atomic E-state index is 13.6. The van der Waals surface area contributed by atoms with Crippen molar-refractivity contribution in [3.8, 4) is 0 Å². The molecule has 0 saturated carbocycles. The number of hydrogen-bond donors (Lipinski definition) is 3. The molecular weight excluding hydrogens is 475 g/mol. The van der Waals surface area contributed by atoms with Crippen molar-refractivity contribution in [3.63, 3.8) is 0 Å². The number of amides is 1. The van der Waals surface area contributed by atoms with Gasteiger partial charge < -0.3 is 9.80 Å². The molecule has 1 aliphatic heterocycles. The quantitative estimate of drug-likeness (QED) is 0.362. The Hall–Kier alpha value is -3.93. The smallest absolute Gasteiger partial charge is 0.272 e. The molecular formula is C23H25FN6O4S. The molecule has 10 nitrogen and oxygen atoms in total. The topological polar surface area (TPSA) is 151 Å². The van der Waals surface area contributed by atoms with E-state index in [1.54, 1.807) is 0 Å². The summed E-state index contributed by atoms with van der Waals surface area (Å²) in [6.07, 6.45) is 1.72. The maximum absolute atomic E-state index is 13.6. The number of piperazine rings is 1. The highest BCUT2D eigenvalue weighted by molar-refractivity contribution is 8.05. The van der Waals surface area contributed by atoms with Gasteiger partial charge in [-0.25, -0.2) is 17.9 Å². The molecule has 0 atom stereocenters. The van der Waals surface area contributed by atoms with Gasteiger partial charge in [-0.2, -0.15) is 5.10 Å². The molecule has 0 unspecified atom stereocenters. The van der Waals surface area contributed by atoms with Gasteiger partial charge in [-0.05, 0) is 24.6 Å². The van der Waals surface area contributed by atoms with Crippen LogP contribution in [0, 0.1) is 16.6 Å². The van der Waals surface area contributed by atoms with Gasteiger partial charge in [0.1, 0.15) is 11.7 Å². The second-order valence-electron chi connectivity index (χ2n) is 7.78. The van der Waals surface area contributed by atoms with Crippen molar-refractivity contribution in [2.24, 2.45) is 0 Å². The average Bonchev–Trinajstić information content (AvgIpc) is 2.84. The molecule has 2 aromatic carbocycles. The van der Waals surface area contributed by atoms with E-state index in [0.717, 1.165) is 28.7 Å². The molecule has 1 aliphatic rings. The molecule has 4 rings (SSSR count). The Morgan fingerprint density at radius 2 is 1.74 bits per heavy atom. The Labute approximate surface area is 201 Å². The minimum atomic E-state index is -3.73. The first-order valence-electron chi connectivity index (χ1n) is 10.7. The molecule has 1 fully saturated rings. The van der Waals surface area contributed by atoms with Crippen molar-refractivity contribution in [3.05, 3.63) is 76.0 Å². The largest absolute Gasteiger partial charge is 0.329 e. The van der Waals surface area contributed by atoms with Gasteiger partial charge in [0.2, 0.25) is 15.0 Å².